The second kappa shape index (κ2) is 10.1. The Morgan fingerprint density at radius 3 is 2.69 bits per heavy atom. The van der Waals surface area contributed by atoms with Gasteiger partial charge in [0.2, 0.25) is 5.91 Å². The van der Waals surface area contributed by atoms with E-state index in [1.165, 1.54) is 19.5 Å². The van der Waals surface area contributed by atoms with Crippen molar-refractivity contribution in [2.75, 3.05) is 44.2 Å². The van der Waals surface area contributed by atoms with Gasteiger partial charge < -0.3 is 19.9 Å². The van der Waals surface area contributed by atoms with E-state index in [9.17, 15) is 9.59 Å². The van der Waals surface area contributed by atoms with Crippen LogP contribution in [-0.4, -0.2) is 56.0 Å². The van der Waals surface area contributed by atoms with E-state index >= 15 is 0 Å². The molecule has 2 atom stereocenters. The second-order valence-electron chi connectivity index (χ2n) is 8.82. The van der Waals surface area contributed by atoms with Gasteiger partial charge in [-0.1, -0.05) is 19.9 Å². The fraction of sp³-hybridized carbons (Fsp3) is 0.652. The number of carbonyl (C=O) groups is 2. The number of aryl methyl sites for hydroxylation is 1. The summed E-state index contributed by atoms with van der Waals surface area (Å²) in [7, 11) is 0. The number of piperidine rings is 1. The van der Waals surface area contributed by atoms with Crippen LogP contribution in [0.25, 0.3) is 0 Å². The Labute approximate surface area is 174 Å². The molecule has 0 spiro atoms. The van der Waals surface area contributed by atoms with Crippen molar-refractivity contribution in [2.45, 2.75) is 46.5 Å². The molecule has 6 nitrogen and oxygen atoms in total. The maximum atomic E-state index is 12.2. The first-order valence-corrected chi connectivity index (χ1v) is 10.9. The molecule has 3 rings (SSSR count). The Kier molecular flexibility index (Phi) is 7.53. The topological polar surface area (TPSA) is 61.9 Å². The van der Waals surface area contributed by atoms with E-state index in [4.69, 9.17) is 4.74 Å². The summed E-state index contributed by atoms with van der Waals surface area (Å²) in [5, 5.41) is 3.03. The van der Waals surface area contributed by atoms with Gasteiger partial charge in [-0.25, -0.2) is 0 Å². The maximum absolute atomic E-state index is 12.2. The number of nitrogens with one attached hydrogen (secondary N) is 1. The number of rotatable bonds is 8. The monoisotopic (exact) mass is 401 g/mol. The largest absolute Gasteiger partial charge is 0.482 e. The normalized spacial score (nSPS) is 22.2. The number of hydrogen-bond acceptors (Lipinski definition) is 4. The van der Waals surface area contributed by atoms with Crippen molar-refractivity contribution in [2.24, 2.45) is 11.8 Å². The molecule has 2 aliphatic heterocycles. The number of amides is 2. The zero-order valence-electron chi connectivity index (χ0n) is 18.1. The first-order chi connectivity index (χ1) is 13.9. The van der Waals surface area contributed by atoms with Crippen LogP contribution < -0.4 is 15.0 Å². The maximum Gasteiger partial charge on any atom is 0.265 e. The van der Waals surface area contributed by atoms with Crippen LogP contribution in [0.15, 0.2) is 18.2 Å². The molecule has 2 heterocycles. The Hall–Kier alpha value is -2.08. The Balaban J connectivity index is 1.35. The molecular weight excluding hydrogens is 366 g/mol. The fourth-order valence-corrected chi connectivity index (χ4v) is 4.55. The van der Waals surface area contributed by atoms with Crippen molar-refractivity contribution < 1.29 is 14.3 Å². The van der Waals surface area contributed by atoms with Gasteiger partial charge in [-0.05, 0) is 62.3 Å². The number of ether oxygens (including phenoxy) is 1. The predicted octanol–water partition coefficient (Wildman–Crippen LogP) is 2.98. The van der Waals surface area contributed by atoms with E-state index in [1.807, 2.05) is 25.1 Å². The molecule has 1 N–H and O–H groups in total. The van der Waals surface area contributed by atoms with E-state index < -0.39 is 0 Å². The molecule has 29 heavy (non-hydrogen) atoms. The third-order valence-electron chi connectivity index (χ3n) is 5.76. The lowest BCUT2D eigenvalue weighted by atomic mass is 9.92. The summed E-state index contributed by atoms with van der Waals surface area (Å²) in [5.41, 5.74) is 1.90. The molecule has 0 aliphatic carbocycles. The van der Waals surface area contributed by atoms with Crippen LogP contribution in [0.1, 0.15) is 45.1 Å². The lowest BCUT2D eigenvalue weighted by Gasteiger charge is -2.34. The minimum absolute atomic E-state index is 0.0477. The highest BCUT2D eigenvalue weighted by molar-refractivity contribution is 5.97. The van der Waals surface area contributed by atoms with Gasteiger partial charge in [-0.2, -0.15) is 0 Å². The van der Waals surface area contributed by atoms with Gasteiger partial charge in [-0.3, -0.25) is 9.59 Å². The SMILES string of the molecule is Cc1ccc2c(c1)N(CCCC(=O)NCCCN1C[C@H](C)C[C@H](C)C1)C(=O)CO2. The average molecular weight is 402 g/mol. The Morgan fingerprint density at radius 2 is 1.93 bits per heavy atom. The minimum atomic E-state index is -0.0477. The number of likely N-dealkylation sites (tertiary alicyclic amines) is 1. The van der Waals surface area contributed by atoms with Crippen molar-refractivity contribution in [1.29, 1.82) is 0 Å². The predicted molar refractivity (Wildman–Crippen MR) is 115 cm³/mol. The summed E-state index contributed by atoms with van der Waals surface area (Å²) >= 11 is 0. The first kappa shape index (κ1) is 21.6. The molecule has 2 aliphatic rings. The van der Waals surface area contributed by atoms with Gasteiger partial charge in [0, 0.05) is 32.6 Å². The number of anilines is 1. The molecule has 1 saturated heterocycles. The smallest absolute Gasteiger partial charge is 0.265 e. The standard InChI is InChI=1S/C23H35N3O3/c1-17-7-8-21-20(13-17)26(23(28)16-29-21)11-4-6-22(27)24-9-5-10-25-14-18(2)12-19(3)15-25/h7-8,13,18-19H,4-6,9-12,14-16H2,1-3H3,(H,24,27)/t18-,19+. The summed E-state index contributed by atoms with van der Waals surface area (Å²) in [6.45, 7) is 11.4. The molecule has 160 valence electrons. The zero-order valence-corrected chi connectivity index (χ0v) is 18.1. The van der Waals surface area contributed by atoms with Gasteiger partial charge in [0.25, 0.3) is 5.91 Å². The molecule has 0 saturated carbocycles. The molecule has 1 aromatic carbocycles. The third kappa shape index (κ3) is 6.20. The van der Waals surface area contributed by atoms with E-state index in [-0.39, 0.29) is 18.4 Å². The lowest BCUT2D eigenvalue weighted by molar-refractivity contribution is -0.122. The molecule has 2 amide bonds. The summed E-state index contributed by atoms with van der Waals surface area (Å²) < 4.78 is 5.50. The molecule has 1 aromatic rings. The number of fused-ring (bicyclic) bond motifs is 1. The minimum Gasteiger partial charge on any atom is -0.482 e. The van der Waals surface area contributed by atoms with E-state index in [0.29, 0.717) is 19.4 Å². The van der Waals surface area contributed by atoms with E-state index in [1.54, 1.807) is 4.90 Å². The van der Waals surface area contributed by atoms with Crippen molar-refractivity contribution in [1.82, 2.24) is 10.2 Å². The van der Waals surface area contributed by atoms with E-state index in [0.717, 1.165) is 48.3 Å². The van der Waals surface area contributed by atoms with Crippen molar-refractivity contribution in [3.8, 4) is 5.75 Å². The number of benzene rings is 1. The number of hydrogen-bond donors (Lipinski definition) is 1. The Morgan fingerprint density at radius 1 is 1.17 bits per heavy atom. The van der Waals surface area contributed by atoms with Gasteiger partial charge in [0.15, 0.2) is 6.61 Å². The molecule has 6 heteroatoms. The third-order valence-corrected chi connectivity index (χ3v) is 5.76. The van der Waals surface area contributed by atoms with Crippen LogP contribution in [0.2, 0.25) is 0 Å². The van der Waals surface area contributed by atoms with Crippen molar-refractivity contribution in [3.63, 3.8) is 0 Å². The zero-order chi connectivity index (χ0) is 20.8. The van der Waals surface area contributed by atoms with Gasteiger partial charge in [-0.15, -0.1) is 0 Å². The molecule has 0 unspecified atom stereocenters. The molecule has 0 radical (unpaired) electrons. The van der Waals surface area contributed by atoms with Crippen LogP contribution >= 0.6 is 0 Å². The van der Waals surface area contributed by atoms with Crippen LogP contribution in [0.4, 0.5) is 5.69 Å². The molecule has 1 fully saturated rings. The van der Waals surface area contributed by atoms with Crippen LogP contribution in [0.3, 0.4) is 0 Å². The second-order valence-corrected chi connectivity index (χ2v) is 8.82. The van der Waals surface area contributed by atoms with Crippen LogP contribution in [0.5, 0.6) is 5.75 Å². The highest BCUT2D eigenvalue weighted by atomic mass is 16.5. The molecule has 0 aromatic heterocycles. The van der Waals surface area contributed by atoms with Crippen LogP contribution in [0, 0.1) is 18.8 Å². The molecule has 0 bridgehead atoms. The van der Waals surface area contributed by atoms with Gasteiger partial charge in [0.1, 0.15) is 5.75 Å². The number of carbonyl (C=O) groups excluding carboxylic acids is 2. The van der Waals surface area contributed by atoms with E-state index in [2.05, 4.69) is 24.1 Å². The number of nitrogens with zero attached hydrogens (tertiary/aromatic N) is 2. The van der Waals surface area contributed by atoms with Crippen LogP contribution in [-0.2, 0) is 9.59 Å². The highest BCUT2D eigenvalue weighted by Gasteiger charge is 2.25. The summed E-state index contributed by atoms with van der Waals surface area (Å²) in [6, 6.07) is 5.85. The summed E-state index contributed by atoms with van der Waals surface area (Å²) in [5.74, 6) is 2.29. The van der Waals surface area contributed by atoms with Gasteiger partial charge >= 0.3 is 0 Å². The summed E-state index contributed by atoms with van der Waals surface area (Å²) in [4.78, 5) is 28.7. The summed E-state index contributed by atoms with van der Waals surface area (Å²) in [6.07, 6.45) is 3.39. The van der Waals surface area contributed by atoms with Gasteiger partial charge in [0.05, 0.1) is 5.69 Å². The van der Waals surface area contributed by atoms with Crippen molar-refractivity contribution >= 4 is 17.5 Å². The highest BCUT2D eigenvalue weighted by Crippen LogP contribution is 2.33. The Bertz CT molecular complexity index is 711. The fourth-order valence-electron chi connectivity index (χ4n) is 4.55. The first-order valence-electron chi connectivity index (χ1n) is 10.9. The average Bonchev–Trinajstić information content (AvgIpc) is 2.66. The lowest BCUT2D eigenvalue weighted by Crippen LogP contribution is -2.40. The van der Waals surface area contributed by atoms with Crippen molar-refractivity contribution in [3.05, 3.63) is 23.8 Å². The quantitative estimate of drug-likeness (QED) is 0.681. The molecular formula is C23H35N3O3.